The highest BCUT2D eigenvalue weighted by Gasteiger charge is 2.01. The average molecular weight is 260 g/mol. The van der Waals surface area contributed by atoms with E-state index >= 15 is 0 Å². The minimum Gasteiger partial charge on any atom is -0.480 e. The Morgan fingerprint density at radius 2 is 1.95 bits per heavy atom. The summed E-state index contributed by atoms with van der Waals surface area (Å²) in [7, 11) is 1.53. The van der Waals surface area contributed by atoms with Gasteiger partial charge < -0.3 is 9.84 Å². The topological polar surface area (TPSA) is 55.2 Å². The SMILES string of the molecule is COc1ccc(-c2ccc(C=C(F)CO)cc2)nn1. The van der Waals surface area contributed by atoms with Gasteiger partial charge in [-0.1, -0.05) is 24.3 Å². The molecule has 2 aromatic rings. The maximum Gasteiger partial charge on any atom is 0.233 e. The number of aliphatic hydroxyl groups excluding tert-OH is 1. The van der Waals surface area contributed by atoms with Gasteiger partial charge in [-0.2, -0.15) is 0 Å². The van der Waals surface area contributed by atoms with Crippen LogP contribution in [0.4, 0.5) is 4.39 Å². The van der Waals surface area contributed by atoms with Crippen molar-refractivity contribution < 1.29 is 14.2 Å². The second-order valence-electron chi connectivity index (χ2n) is 3.83. The van der Waals surface area contributed by atoms with E-state index < -0.39 is 12.4 Å². The van der Waals surface area contributed by atoms with Gasteiger partial charge in [0.15, 0.2) is 0 Å². The second-order valence-corrected chi connectivity index (χ2v) is 3.83. The highest BCUT2D eigenvalue weighted by Crippen LogP contribution is 2.19. The van der Waals surface area contributed by atoms with Crippen LogP contribution in [0.1, 0.15) is 5.56 Å². The molecule has 1 heterocycles. The number of ether oxygens (including phenoxy) is 1. The lowest BCUT2D eigenvalue weighted by Gasteiger charge is -2.02. The minimum absolute atomic E-state index is 0.452. The Hall–Kier alpha value is -2.27. The van der Waals surface area contributed by atoms with Crippen molar-refractivity contribution in [3.05, 3.63) is 47.8 Å². The van der Waals surface area contributed by atoms with Crippen LogP contribution in [-0.4, -0.2) is 29.0 Å². The van der Waals surface area contributed by atoms with Crippen molar-refractivity contribution in [3.63, 3.8) is 0 Å². The maximum absolute atomic E-state index is 12.9. The molecule has 0 aliphatic carbocycles. The number of aromatic nitrogens is 2. The zero-order chi connectivity index (χ0) is 13.7. The van der Waals surface area contributed by atoms with E-state index in [-0.39, 0.29) is 0 Å². The van der Waals surface area contributed by atoms with Crippen molar-refractivity contribution in [2.45, 2.75) is 0 Å². The Morgan fingerprint density at radius 3 is 2.47 bits per heavy atom. The molecule has 0 bridgehead atoms. The summed E-state index contributed by atoms with van der Waals surface area (Å²) >= 11 is 0. The number of halogens is 1. The molecule has 0 amide bonds. The van der Waals surface area contributed by atoms with Crippen LogP contribution in [0.5, 0.6) is 5.88 Å². The van der Waals surface area contributed by atoms with Crippen LogP contribution in [0, 0.1) is 0 Å². The first-order chi connectivity index (χ1) is 9.22. The van der Waals surface area contributed by atoms with E-state index in [1.54, 1.807) is 24.3 Å². The molecule has 0 aliphatic heterocycles. The molecule has 0 unspecified atom stereocenters. The maximum atomic E-state index is 12.9. The first kappa shape index (κ1) is 13.2. The highest BCUT2D eigenvalue weighted by atomic mass is 19.1. The zero-order valence-corrected chi connectivity index (χ0v) is 10.4. The molecular formula is C14H13FN2O2. The van der Waals surface area contributed by atoms with E-state index in [4.69, 9.17) is 9.84 Å². The first-order valence-electron chi connectivity index (χ1n) is 5.68. The number of aliphatic hydroxyl groups is 1. The lowest BCUT2D eigenvalue weighted by molar-refractivity contribution is 0.300. The van der Waals surface area contributed by atoms with Gasteiger partial charge in [0.05, 0.1) is 19.4 Å². The Bertz CT molecular complexity index is 565. The van der Waals surface area contributed by atoms with Gasteiger partial charge in [0, 0.05) is 11.6 Å². The van der Waals surface area contributed by atoms with Crippen molar-refractivity contribution in [2.75, 3.05) is 13.7 Å². The lowest BCUT2D eigenvalue weighted by atomic mass is 10.1. The molecule has 98 valence electrons. The normalized spacial score (nSPS) is 11.4. The third kappa shape index (κ3) is 3.35. The largest absolute Gasteiger partial charge is 0.480 e. The molecule has 4 nitrogen and oxygen atoms in total. The minimum atomic E-state index is -0.592. The van der Waals surface area contributed by atoms with Crippen molar-refractivity contribution in [1.29, 1.82) is 0 Å². The lowest BCUT2D eigenvalue weighted by Crippen LogP contribution is -1.92. The van der Waals surface area contributed by atoms with Crippen molar-refractivity contribution in [3.8, 4) is 17.1 Å². The first-order valence-corrected chi connectivity index (χ1v) is 5.68. The predicted octanol–water partition coefficient (Wildman–Crippen LogP) is 2.45. The second kappa shape index (κ2) is 6.06. The Balaban J connectivity index is 2.22. The van der Waals surface area contributed by atoms with Gasteiger partial charge in [-0.25, -0.2) is 4.39 Å². The van der Waals surface area contributed by atoms with Crippen LogP contribution < -0.4 is 4.74 Å². The van der Waals surface area contributed by atoms with Crippen LogP contribution in [0.3, 0.4) is 0 Å². The van der Waals surface area contributed by atoms with Crippen LogP contribution in [0.2, 0.25) is 0 Å². The summed E-state index contributed by atoms with van der Waals surface area (Å²) in [6.07, 6.45) is 1.28. The van der Waals surface area contributed by atoms with Gasteiger partial charge in [0.25, 0.3) is 0 Å². The number of methoxy groups -OCH3 is 1. The highest BCUT2D eigenvalue weighted by molar-refractivity contribution is 5.62. The molecule has 1 aromatic heterocycles. The fourth-order valence-corrected chi connectivity index (χ4v) is 1.56. The quantitative estimate of drug-likeness (QED) is 0.917. The average Bonchev–Trinajstić information content (AvgIpc) is 2.48. The number of hydrogen-bond donors (Lipinski definition) is 1. The molecule has 0 fully saturated rings. The van der Waals surface area contributed by atoms with Gasteiger partial charge in [0.1, 0.15) is 5.83 Å². The predicted molar refractivity (Wildman–Crippen MR) is 70.2 cm³/mol. The summed E-state index contributed by atoms with van der Waals surface area (Å²) in [5, 5.41) is 16.5. The van der Waals surface area contributed by atoms with Crippen molar-refractivity contribution >= 4 is 6.08 Å². The van der Waals surface area contributed by atoms with Gasteiger partial charge in [-0.3, -0.25) is 0 Å². The fraction of sp³-hybridized carbons (Fsp3) is 0.143. The molecule has 0 atom stereocenters. The molecule has 1 N–H and O–H groups in total. The summed E-state index contributed by atoms with van der Waals surface area (Å²) in [5.74, 6) is -0.120. The van der Waals surface area contributed by atoms with Gasteiger partial charge >= 0.3 is 0 Å². The molecule has 0 saturated heterocycles. The van der Waals surface area contributed by atoms with E-state index in [1.807, 2.05) is 12.1 Å². The number of benzene rings is 1. The van der Waals surface area contributed by atoms with Crippen LogP contribution in [-0.2, 0) is 0 Å². The molecule has 2 rings (SSSR count). The monoisotopic (exact) mass is 260 g/mol. The van der Waals surface area contributed by atoms with E-state index in [2.05, 4.69) is 10.2 Å². The van der Waals surface area contributed by atoms with Crippen LogP contribution >= 0.6 is 0 Å². The van der Waals surface area contributed by atoms with Gasteiger partial charge in [-0.15, -0.1) is 10.2 Å². The van der Waals surface area contributed by atoms with Crippen LogP contribution in [0.15, 0.2) is 42.2 Å². The molecule has 0 radical (unpaired) electrons. The summed E-state index contributed by atoms with van der Waals surface area (Å²) < 4.78 is 17.8. The standard InChI is InChI=1S/C14H13FN2O2/c1-19-14-7-6-13(16-17-14)11-4-2-10(3-5-11)8-12(15)9-18/h2-8,18H,9H2,1H3. The smallest absolute Gasteiger partial charge is 0.233 e. The Kier molecular flexibility index (Phi) is 4.20. The van der Waals surface area contributed by atoms with E-state index in [0.717, 1.165) is 5.56 Å². The summed E-state index contributed by atoms with van der Waals surface area (Å²) in [6.45, 7) is -0.592. The fourth-order valence-electron chi connectivity index (χ4n) is 1.56. The van der Waals surface area contributed by atoms with Crippen LogP contribution in [0.25, 0.3) is 17.3 Å². The molecule has 1 aromatic carbocycles. The summed E-state index contributed by atoms with van der Waals surface area (Å²) in [5.41, 5.74) is 2.26. The number of hydrogen-bond acceptors (Lipinski definition) is 4. The Morgan fingerprint density at radius 1 is 1.21 bits per heavy atom. The van der Waals surface area contributed by atoms with E-state index in [0.29, 0.717) is 17.1 Å². The third-order valence-electron chi connectivity index (χ3n) is 2.53. The third-order valence-corrected chi connectivity index (χ3v) is 2.53. The molecule has 0 aliphatic rings. The number of nitrogens with zero attached hydrogens (tertiary/aromatic N) is 2. The van der Waals surface area contributed by atoms with E-state index in [1.165, 1.54) is 13.2 Å². The molecule has 5 heteroatoms. The number of rotatable bonds is 4. The summed E-state index contributed by atoms with van der Waals surface area (Å²) in [4.78, 5) is 0. The van der Waals surface area contributed by atoms with Gasteiger partial charge in [0.2, 0.25) is 5.88 Å². The zero-order valence-electron chi connectivity index (χ0n) is 10.4. The van der Waals surface area contributed by atoms with E-state index in [9.17, 15) is 4.39 Å². The van der Waals surface area contributed by atoms with Crippen molar-refractivity contribution in [1.82, 2.24) is 10.2 Å². The van der Waals surface area contributed by atoms with Gasteiger partial charge in [-0.05, 0) is 17.7 Å². The molecule has 0 saturated carbocycles. The molecule has 0 spiro atoms. The Labute approximate surface area is 110 Å². The van der Waals surface area contributed by atoms with Crippen molar-refractivity contribution in [2.24, 2.45) is 0 Å². The molecule has 19 heavy (non-hydrogen) atoms. The summed E-state index contributed by atoms with van der Waals surface area (Å²) in [6, 6.07) is 10.6. The molecular weight excluding hydrogens is 247 g/mol.